The minimum Gasteiger partial charge on any atom is -0.477 e. The summed E-state index contributed by atoms with van der Waals surface area (Å²) in [6.45, 7) is -0.0898. The van der Waals surface area contributed by atoms with Crippen molar-refractivity contribution >= 4 is 29.0 Å². The maximum atomic E-state index is 13.1. The van der Waals surface area contributed by atoms with E-state index in [2.05, 4.69) is 0 Å². The predicted molar refractivity (Wildman–Crippen MR) is 90.3 cm³/mol. The van der Waals surface area contributed by atoms with Crippen LogP contribution in [0.2, 0.25) is 10.0 Å². The Labute approximate surface area is 146 Å². The van der Waals surface area contributed by atoms with Crippen molar-refractivity contribution in [2.24, 2.45) is 11.8 Å². The number of halogens is 2. The van der Waals surface area contributed by atoms with E-state index in [4.69, 9.17) is 33.2 Å². The fourth-order valence-electron chi connectivity index (χ4n) is 3.97. The highest BCUT2D eigenvalue weighted by atomic mass is 35.5. The van der Waals surface area contributed by atoms with Gasteiger partial charge in [0.2, 0.25) is 0 Å². The number of carbonyl (C=O) groups is 1. The zero-order chi connectivity index (χ0) is 16.4. The molecule has 0 heterocycles. The monoisotopic (exact) mass is 351 g/mol. The molecule has 0 aliphatic heterocycles. The van der Waals surface area contributed by atoms with Crippen molar-refractivity contribution in [1.29, 1.82) is 5.26 Å². The maximum Gasteiger partial charge on any atom is 0.174 e. The van der Waals surface area contributed by atoms with Gasteiger partial charge in [-0.05, 0) is 49.7 Å². The number of rotatable bonds is 3. The third-order valence-electron chi connectivity index (χ3n) is 5.06. The van der Waals surface area contributed by atoms with Crippen LogP contribution in [0, 0.1) is 23.2 Å². The van der Waals surface area contributed by atoms with Crippen molar-refractivity contribution in [3.63, 3.8) is 0 Å². The third-order valence-corrected chi connectivity index (χ3v) is 5.91. The average Bonchev–Trinajstić information content (AvgIpc) is 3.01. The quantitative estimate of drug-likeness (QED) is 0.701. The molecule has 0 radical (unpaired) electrons. The van der Waals surface area contributed by atoms with Crippen LogP contribution in [0.15, 0.2) is 6.07 Å². The minimum absolute atomic E-state index is 0.0678. The average molecular weight is 352 g/mol. The molecule has 0 spiro atoms. The normalized spacial score (nSPS) is 21.6. The molecule has 0 N–H and O–H groups in total. The molecule has 1 fully saturated rings. The first kappa shape index (κ1) is 16.6. The maximum absolute atomic E-state index is 13.1. The molecule has 1 aromatic carbocycles. The topological polar surface area (TPSA) is 50.1 Å². The van der Waals surface area contributed by atoms with Crippen LogP contribution in [-0.2, 0) is 6.42 Å². The van der Waals surface area contributed by atoms with Crippen molar-refractivity contribution < 1.29 is 9.53 Å². The molecule has 1 unspecified atom stereocenters. The van der Waals surface area contributed by atoms with Crippen LogP contribution < -0.4 is 4.74 Å². The molecule has 1 atom stereocenters. The van der Waals surface area contributed by atoms with E-state index < -0.39 is 0 Å². The van der Waals surface area contributed by atoms with Gasteiger partial charge < -0.3 is 4.74 Å². The van der Waals surface area contributed by atoms with Crippen LogP contribution in [0.3, 0.4) is 0 Å². The number of Topliss-reactive ketones (excluding diaryl/α,β-unsaturated/α-hetero) is 1. The summed E-state index contributed by atoms with van der Waals surface area (Å²) in [4.78, 5) is 13.1. The first-order chi connectivity index (χ1) is 11.1. The van der Waals surface area contributed by atoms with Crippen LogP contribution in [-0.4, -0.2) is 12.4 Å². The van der Waals surface area contributed by atoms with Crippen molar-refractivity contribution in [2.75, 3.05) is 6.61 Å². The van der Waals surface area contributed by atoms with Gasteiger partial charge in [0.1, 0.15) is 16.8 Å². The van der Waals surface area contributed by atoms with Crippen molar-refractivity contribution in [1.82, 2.24) is 0 Å². The molecule has 0 amide bonds. The number of fused-ring (bicyclic) bond motifs is 1. The highest BCUT2D eigenvalue weighted by Crippen LogP contribution is 2.44. The first-order valence-corrected chi connectivity index (χ1v) is 8.94. The number of ether oxygens (including phenoxy) is 1. The predicted octanol–water partition coefficient (Wildman–Crippen LogP) is 5.22. The van der Waals surface area contributed by atoms with E-state index in [1.54, 1.807) is 6.07 Å². The summed E-state index contributed by atoms with van der Waals surface area (Å²) in [5.74, 6) is 1.09. The lowest BCUT2D eigenvalue weighted by atomic mass is 9.83. The van der Waals surface area contributed by atoms with E-state index >= 15 is 0 Å². The molecule has 0 saturated heterocycles. The Morgan fingerprint density at radius 2 is 1.91 bits per heavy atom. The lowest BCUT2D eigenvalue weighted by molar-refractivity contribution is 0.0867. The largest absolute Gasteiger partial charge is 0.477 e. The molecule has 0 bridgehead atoms. The number of nitrogens with zero attached hydrogens (tertiary/aromatic N) is 1. The van der Waals surface area contributed by atoms with Gasteiger partial charge >= 0.3 is 0 Å². The Bertz CT molecular complexity index is 660. The second-order valence-corrected chi connectivity index (χ2v) is 7.15. The number of ketones is 1. The second-order valence-electron chi connectivity index (χ2n) is 6.39. The Morgan fingerprint density at radius 1 is 1.17 bits per heavy atom. The van der Waals surface area contributed by atoms with E-state index in [0.29, 0.717) is 17.2 Å². The molecule has 1 saturated carbocycles. The molecule has 1 aromatic rings. The van der Waals surface area contributed by atoms with E-state index in [1.165, 1.54) is 12.8 Å². The van der Waals surface area contributed by atoms with Gasteiger partial charge in [-0.25, -0.2) is 0 Å². The zero-order valence-corrected chi connectivity index (χ0v) is 14.4. The number of aryl methyl sites for hydroxylation is 1. The van der Waals surface area contributed by atoms with Gasteiger partial charge in [-0.1, -0.05) is 36.0 Å². The highest BCUT2D eigenvalue weighted by molar-refractivity contribution is 6.45. The van der Waals surface area contributed by atoms with E-state index in [-0.39, 0.29) is 28.4 Å². The SMILES string of the molecule is N#CCOc1cc2c(c(Cl)c1Cl)C(=O)C(C1CCCC1)CCC2. The first-order valence-electron chi connectivity index (χ1n) is 8.18. The molecule has 2 aliphatic carbocycles. The highest BCUT2D eigenvalue weighted by Gasteiger charge is 2.35. The summed E-state index contributed by atoms with van der Waals surface area (Å²) in [5.41, 5.74) is 1.48. The molecular formula is C18H19Cl2NO2. The standard InChI is InChI=1S/C18H19Cl2NO2/c19-16-14(23-9-8-21)10-12-6-3-7-13(11-4-1-2-5-11)18(22)15(12)17(16)20/h10-11,13H,1-7,9H2. The summed E-state index contributed by atoms with van der Waals surface area (Å²) < 4.78 is 5.35. The number of benzene rings is 1. The zero-order valence-electron chi connectivity index (χ0n) is 12.9. The summed E-state index contributed by atoms with van der Waals surface area (Å²) in [6.07, 6.45) is 7.40. The van der Waals surface area contributed by atoms with E-state index in [9.17, 15) is 4.79 Å². The lowest BCUT2D eigenvalue weighted by Gasteiger charge is -2.21. The van der Waals surface area contributed by atoms with E-state index in [1.807, 2.05) is 6.07 Å². The fourth-order valence-corrected chi connectivity index (χ4v) is 4.48. The molecule has 122 valence electrons. The van der Waals surface area contributed by atoms with Crippen molar-refractivity contribution in [3.05, 3.63) is 27.2 Å². The Balaban J connectivity index is 1.98. The van der Waals surface area contributed by atoms with Gasteiger partial charge in [0, 0.05) is 11.5 Å². The van der Waals surface area contributed by atoms with Gasteiger partial charge in [-0.3, -0.25) is 4.79 Å². The number of hydrogen-bond donors (Lipinski definition) is 0. The molecule has 5 heteroatoms. The minimum atomic E-state index is -0.0898. The molecule has 0 aromatic heterocycles. The number of nitriles is 1. The molecule has 3 nitrogen and oxygen atoms in total. The Hall–Kier alpha value is -1.24. The van der Waals surface area contributed by atoms with Gasteiger partial charge in [-0.15, -0.1) is 0 Å². The molecule has 3 rings (SSSR count). The van der Waals surface area contributed by atoms with Crippen LogP contribution in [0.4, 0.5) is 0 Å². The van der Waals surface area contributed by atoms with Crippen LogP contribution in [0.25, 0.3) is 0 Å². The van der Waals surface area contributed by atoms with Crippen LogP contribution in [0.1, 0.15) is 54.4 Å². The summed E-state index contributed by atoms with van der Waals surface area (Å²) >= 11 is 12.7. The fraction of sp³-hybridized carbons (Fsp3) is 0.556. The van der Waals surface area contributed by atoms with Crippen LogP contribution in [0.5, 0.6) is 5.75 Å². The Kier molecular flexibility index (Phi) is 5.14. The summed E-state index contributed by atoms with van der Waals surface area (Å²) in [6, 6.07) is 3.70. The van der Waals surface area contributed by atoms with Gasteiger partial charge in [0.15, 0.2) is 12.4 Å². The van der Waals surface area contributed by atoms with Crippen LogP contribution >= 0.6 is 23.2 Å². The number of hydrogen-bond acceptors (Lipinski definition) is 3. The van der Waals surface area contributed by atoms with E-state index in [0.717, 1.165) is 37.7 Å². The second kappa shape index (κ2) is 7.11. The third kappa shape index (κ3) is 3.20. The van der Waals surface area contributed by atoms with Gasteiger partial charge in [0.25, 0.3) is 0 Å². The molecular weight excluding hydrogens is 333 g/mol. The van der Waals surface area contributed by atoms with Crippen molar-refractivity contribution in [3.8, 4) is 11.8 Å². The number of carbonyl (C=O) groups excluding carboxylic acids is 1. The van der Waals surface area contributed by atoms with Gasteiger partial charge in [-0.2, -0.15) is 5.26 Å². The summed E-state index contributed by atoms with van der Waals surface area (Å²) in [7, 11) is 0. The molecule has 23 heavy (non-hydrogen) atoms. The smallest absolute Gasteiger partial charge is 0.174 e. The Morgan fingerprint density at radius 3 is 2.61 bits per heavy atom. The molecule has 2 aliphatic rings. The summed E-state index contributed by atoms with van der Waals surface area (Å²) in [5, 5.41) is 9.19. The van der Waals surface area contributed by atoms with Gasteiger partial charge in [0.05, 0.1) is 5.02 Å². The lowest BCUT2D eigenvalue weighted by Crippen LogP contribution is -2.22. The van der Waals surface area contributed by atoms with Crippen molar-refractivity contribution in [2.45, 2.75) is 44.9 Å².